The maximum atomic E-state index is 12.1. The van der Waals surface area contributed by atoms with Crippen molar-refractivity contribution in [2.45, 2.75) is 38.1 Å². The Balaban J connectivity index is 0.00000441. The fourth-order valence-electron chi connectivity index (χ4n) is 1.78. The summed E-state index contributed by atoms with van der Waals surface area (Å²) < 4.78 is 24.2. The van der Waals surface area contributed by atoms with Gasteiger partial charge in [0.25, 0.3) is 0 Å². The largest absolute Gasteiger partial charge is 0.357 e. The van der Waals surface area contributed by atoms with E-state index in [4.69, 9.17) is 0 Å². The molecule has 0 aliphatic heterocycles. The molecule has 0 saturated carbocycles. The summed E-state index contributed by atoms with van der Waals surface area (Å²) in [5, 5.41) is 6.33. The lowest BCUT2D eigenvalue weighted by Crippen LogP contribution is -2.41. The van der Waals surface area contributed by atoms with Gasteiger partial charge in [0.15, 0.2) is 15.8 Å². The lowest BCUT2D eigenvalue weighted by molar-refractivity contribution is 0.593. The number of hydrogen-bond acceptors (Lipinski definition) is 3. The second-order valence-electron chi connectivity index (χ2n) is 5.05. The van der Waals surface area contributed by atoms with E-state index in [1.54, 1.807) is 24.3 Å². The Kier molecular flexibility index (Phi) is 10.4. The summed E-state index contributed by atoms with van der Waals surface area (Å²) in [6.07, 6.45) is 0.506. The van der Waals surface area contributed by atoms with Crippen LogP contribution in [-0.4, -0.2) is 39.3 Å². The molecule has 1 aromatic rings. The molecule has 5 nitrogen and oxygen atoms in total. The number of hydrogen-bond donors (Lipinski definition) is 2. The van der Waals surface area contributed by atoms with Crippen LogP contribution >= 0.6 is 24.0 Å². The van der Waals surface area contributed by atoms with Crippen molar-refractivity contribution >= 4 is 39.8 Å². The Morgan fingerprint density at radius 2 is 1.86 bits per heavy atom. The van der Waals surface area contributed by atoms with E-state index < -0.39 is 9.84 Å². The highest BCUT2D eigenvalue weighted by atomic mass is 127. The molecule has 2 N–H and O–H groups in total. The summed E-state index contributed by atoms with van der Waals surface area (Å²) in [6.45, 7) is 7.33. The van der Waals surface area contributed by atoms with Gasteiger partial charge in [0.1, 0.15) is 0 Å². The quantitative estimate of drug-likeness (QED) is 0.296. The van der Waals surface area contributed by atoms with E-state index in [0.29, 0.717) is 17.9 Å². The van der Waals surface area contributed by atoms with Crippen LogP contribution in [0.5, 0.6) is 0 Å². The predicted molar refractivity (Wildman–Crippen MR) is 103 cm³/mol. The van der Waals surface area contributed by atoms with Crippen molar-refractivity contribution in [3.05, 3.63) is 30.3 Å². The molecule has 0 fully saturated rings. The number of nitrogens with one attached hydrogen (secondary N) is 2. The van der Waals surface area contributed by atoms with Gasteiger partial charge in [-0.1, -0.05) is 18.2 Å². The van der Waals surface area contributed by atoms with E-state index in [9.17, 15) is 8.42 Å². The molecule has 0 saturated heterocycles. The van der Waals surface area contributed by atoms with Crippen molar-refractivity contribution in [3.8, 4) is 0 Å². The Morgan fingerprint density at radius 1 is 1.23 bits per heavy atom. The third-order valence-corrected chi connectivity index (χ3v) is 4.53. The first-order valence-corrected chi connectivity index (χ1v) is 8.93. The maximum absolute atomic E-state index is 12.1. The monoisotopic (exact) mass is 439 g/mol. The van der Waals surface area contributed by atoms with Gasteiger partial charge in [-0.25, -0.2) is 8.42 Å². The van der Waals surface area contributed by atoms with Crippen molar-refractivity contribution in [1.29, 1.82) is 0 Å². The van der Waals surface area contributed by atoms with Crippen LogP contribution in [-0.2, 0) is 9.84 Å². The summed E-state index contributed by atoms with van der Waals surface area (Å²) in [5.74, 6) is 0.839. The van der Waals surface area contributed by atoms with Crippen LogP contribution < -0.4 is 10.6 Å². The highest BCUT2D eigenvalue weighted by Gasteiger charge is 2.12. The SMILES string of the molecule is CCNC(=NCCCS(=O)(=O)c1ccccc1)NC(C)C.I. The molecule has 22 heavy (non-hydrogen) atoms. The van der Waals surface area contributed by atoms with E-state index in [0.717, 1.165) is 12.5 Å². The third kappa shape index (κ3) is 7.98. The first-order chi connectivity index (χ1) is 9.95. The van der Waals surface area contributed by atoms with Gasteiger partial charge in [-0.05, 0) is 39.3 Å². The molecule has 7 heteroatoms. The number of aliphatic imine (C=N–C) groups is 1. The molecule has 1 rings (SSSR count). The van der Waals surface area contributed by atoms with Gasteiger partial charge in [0.05, 0.1) is 10.6 Å². The zero-order valence-electron chi connectivity index (χ0n) is 13.4. The van der Waals surface area contributed by atoms with E-state index in [-0.39, 0.29) is 35.8 Å². The van der Waals surface area contributed by atoms with Crippen LogP contribution in [0, 0.1) is 0 Å². The summed E-state index contributed by atoms with van der Waals surface area (Å²) in [7, 11) is -3.20. The molecular formula is C15H26IN3O2S. The average molecular weight is 439 g/mol. The second kappa shape index (κ2) is 10.8. The normalized spacial score (nSPS) is 11.9. The number of benzene rings is 1. The van der Waals surface area contributed by atoms with Crippen LogP contribution in [0.15, 0.2) is 40.2 Å². The molecule has 0 radical (unpaired) electrons. The smallest absolute Gasteiger partial charge is 0.191 e. The fraction of sp³-hybridized carbons (Fsp3) is 0.533. The number of halogens is 1. The fourth-order valence-corrected chi connectivity index (χ4v) is 3.10. The summed E-state index contributed by atoms with van der Waals surface area (Å²) in [5.41, 5.74) is 0. The van der Waals surface area contributed by atoms with Crippen molar-refractivity contribution in [2.75, 3.05) is 18.8 Å². The number of sulfone groups is 1. The van der Waals surface area contributed by atoms with E-state index in [1.165, 1.54) is 0 Å². The summed E-state index contributed by atoms with van der Waals surface area (Å²) >= 11 is 0. The Labute approximate surface area is 150 Å². The minimum atomic E-state index is -3.20. The molecule has 0 spiro atoms. The molecule has 126 valence electrons. The molecule has 0 aromatic heterocycles. The topological polar surface area (TPSA) is 70.6 Å². The first-order valence-electron chi connectivity index (χ1n) is 7.28. The average Bonchev–Trinajstić information content (AvgIpc) is 2.44. The van der Waals surface area contributed by atoms with Gasteiger partial charge in [-0.3, -0.25) is 4.99 Å². The lowest BCUT2D eigenvalue weighted by Gasteiger charge is -2.13. The van der Waals surface area contributed by atoms with Gasteiger partial charge in [-0.15, -0.1) is 24.0 Å². The minimum absolute atomic E-state index is 0. The molecule has 0 atom stereocenters. The van der Waals surface area contributed by atoms with Gasteiger partial charge in [0, 0.05) is 19.1 Å². The maximum Gasteiger partial charge on any atom is 0.191 e. The van der Waals surface area contributed by atoms with Gasteiger partial charge in [0.2, 0.25) is 0 Å². The molecular weight excluding hydrogens is 413 g/mol. The zero-order chi connectivity index (χ0) is 15.7. The molecule has 0 aliphatic carbocycles. The highest BCUT2D eigenvalue weighted by Crippen LogP contribution is 2.10. The lowest BCUT2D eigenvalue weighted by atomic mass is 10.4. The Bertz CT molecular complexity index is 545. The molecule has 0 amide bonds. The Hall–Kier alpha value is -0.830. The summed E-state index contributed by atoms with van der Waals surface area (Å²) in [4.78, 5) is 4.76. The number of nitrogens with zero attached hydrogens (tertiary/aromatic N) is 1. The van der Waals surface area contributed by atoms with E-state index in [1.807, 2.05) is 26.8 Å². The van der Waals surface area contributed by atoms with E-state index in [2.05, 4.69) is 15.6 Å². The summed E-state index contributed by atoms with van der Waals surface area (Å²) in [6, 6.07) is 8.83. The van der Waals surface area contributed by atoms with Crippen LogP contribution in [0.25, 0.3) is 0 Å². The third-order valence-electron chi connectivity index (χ3n) is 2.71. The van der Waals surface area contributed by atoms with Crippen molar-refractivity contribution in [3.63, 3.8) is 0 Å². The van der Waals surface area contributed by atoms with Gasteiger partial charge in [-0.2, -0.15) is 0 Å². The molecule has 0 unspecified atom stereocenters. The van der Waals surface area contributed by atoms with E-state index >= 15 is 0 Å². The standard InChI is InChI=1S/C15H25N3O2S.HI/c1-4-16-15(18-13(2)3)17-11-8-12-21(19,20)14-9-6-5-7-10-14;/h5-7,9-10,13H,4,8,11-12H2,1-3H3,(H2,16,17,18);1H. The van der Waals surface area contributed by atoms with Gasteiger partial charge < -0.3 is 10.6 Å². The Morgan fingerprint density at radius 3 is 2.41 bits per heavy atom. The number of guanidine groups is 1. The number of rotatable bonds is 7. The van der Waals surface area contributed by atoms with Crippen LogP contribution in [0.1, 0.15) is 27.2 Å². The van der Waals surface area contributed by atoms with Crippen LogP contribution in [0.4, 0.5) is 0 Å². The van der Waals surface area contributed by atoms with Crippen molar-refractivity contribution in [2.24, 2.45) is 4.99 Å². The zero-order valence-corrected chi connectivity index (χ0v) is 16.5. The van der Waals surface area contributed by atoms with Gasteiger partial charge >= 0.3 is 0 Å². The predicted octanol–water partition coefficient (Wildman–Crippen LogP) is 2.43. The van der Waals surface area contributed by atoms with Crippen LogP contribution in [0.3, 0.4) is 0 Å². The molecule has 0 aliphatic rings. The first kappa shape index (κ1) is 21.2. The van der Waals surface area contributed by atoms with Crippen molar-refractivity contribution in [1.82, 2.24) is 10.6 Å². The minimum Gasteiger partial charge on any atom is -0.357 e. The molecule has 0 heterocycles. The second-order valence-corrected chi connectivity index (χ2v) is 7.15. The highest BCUT2D eigenvalue weighted by molar-refractivity contribution is 14.0. The molecule has 1 aromatic carbocycles. The van der Waals surface area contributed by atoms with Crippen molar-refractivity contribution < 1.29 is 8.42 Å². The van der Waals surface area contributed by atoms with Crippen LogP contribution in [0.2, 0.25) is 0 Å². The molecule has 0 bridgehead atoms.